The standard InChI is InChI=1S/C21H19NO5S/c1-13-3-7-18(8-4-13)28(25,26)22-19-11-14(16-9-17(23)10-16)5-6-15(19)12-20(22)21(24)27-2/h3-8,11-12,16H,9-10H2,1-2H3. The van der Waals surface area contributed by atoms with Gasteiger partial charge in [0.05, 0.1) is 17.5 Å². The zero-order chi connectivity index (χ0) is 20.1. The zero-order valence-electron chi connectivity index (χ0n) is 15.5. The van der Waals surface area contributed by atoms with E-state index in [9.17, 15) is 18.0 Å². The fraction of sp³-hybridized carbons (Fsp3) is 0.238. The summed E-state index contributed by atoms with van der Waals surface area (Å²) in [5, 5.41) is 0.616. The molecule has 0 spiro atoms. The SMILES string of the molecule is COC(=O)c1cc2ccc(C3CC(=O)C3)cc2n1S(=O)(=O)c1ccc(C)cc1. The molecular formula is C21H19NO5S. The summed E-state index contributed by atoms with van der Waals surface area (Å²) >= 11 is 0. The molecule has 0 radical (unpaired) electrons. The third kappa shape index (κ3) is 2.92. The number of carbonyl (C=O) groups is 2. The molecule has 6 nitrogen and oxygen atoms in total. The van der Waals surface area contributed by atoms with Gasteiger partial charge in [-0.3, -0.25) is 4.79 Å². The van der Waals surface area contributed by atoms with Gasteiger partial charge < -0.3 is 4.74 Å². The number of fused-ring (bicyclic) bond motifs is 1. The van der Waals surface area contributed by atoms with Crippen LogP contribution >= 0.6 is 0 Å². The van der Waals surface area contributed by atoms with Crippen LogP contribution in [0.3, 0.4) is 0 Å². The number of nitrogens with zero attached hydrogens (tertiary/aromatic N) is 1. The van der Waals surface area contributed by atoms with Gasteiger partial charge in [0, 0.05) is 18.2 Å². The predicted octanol–water partition coefficient (Wildman–Crippen LogP) is 3.42. The molecule has 1 heterocycles. The van der Waals surface area contributed by atoms with Gasteiger partial charge >= 0.3 is 5.97 Å². The highest BCUT2D eigenvalue weighted by Gasteiger charge is 2.30. The van der Waals surface area contributed by atoms with E-state index in [1.165, 1.54) is 25.3 Å². The highest BCUT2D eigenvalue weighted by Crippen LogP contribution is 2.36. The van der Waals surface area contributed by atoms with Crippen molar-refractivity contribution in [1.29, 1.82) is 0 Å². The van der Waals surface area contributed by atoms with Crippen molar-refractivity contribution in [3.8, 4) is 0 Å². The Morgan fingerprint density at radius 2 is 1.75 bits per heavy atom. The first-order valence-corrected chi connectivity index (χ1v) is 10.3. The van der Waals surface area contributed by atoms with Crippen LogP contribution in [0.15, 0.2) is 53.4 Å². The summed E-state index contributed by atoms with van der Waals surface area (Å²) < 4.78 is 32.6. The van der Waals surface area contributed by atoms with Crippen molar-refractivity contribution in [2.45, 2.75) is 30.6 Å². The number of rotatable bonds is 4. The Labute approximate surface area is 162 Å². The van der Waals surface area contributed by atoms with E-state index in [4.69, 9.17) is 4.74 Å². The number of hydrogen-bond acceptors (Lipinski definition) is 5. The highest BCUT2D eigenvalue weighted by atomic mass is 32.2. The molecule has 7 heteroatoms. The van der Waals surface area contributed by atoms with E-state index < -0.39 is 16.0 Å². The van der Waals surface area contributed by atoms with Crippen LogP contribution in [0.2, 0.25) is 0 Å². The average molecular weight is 397 g/mol. The highest BCUT2D eigenvalue weighted by molar-refractivity contribution is 7.90. The number of carbonyl (C=O) groups excluding carboxylic acids is 2. The van der Waals surface area contributed by atoms with E-state index in [1.54, 1.807) is 24.3 Å². The second-order valence-corrected chi connectivity index (χ2v) is 8.85. The maximum atomic E-state index is 13.4. The fourth-order valence-corrected chi connectivity index (χ4v) is 4.99. The molecule has 28 heavy (non-hydrogen) atoms. The molecule has 2 aromatic carbocycles. The summed E-state index contributed by atoms with van der Waals surface area (Å²) in [5.41, 5.74) is 2.17. The van der Waals surface area contributed by atoms with Gasteiger partial charge in [-0.15, -0.1) is 0 Å². The van der Waals surface area contributed by atoms with Gasteiger partial charge in [-0.05, 0) is 42.7 Å². The number of esters is 1. The molecule has 1 aliphatic rings. The van der Waals surface area contributed by atoms with Crippen molar-refractivity contribution >= 4 is 32.7 Å². The van der Waals surface area contributed by atoms with E-state index in [2.05, 4.69) is 0 Å². The Bertz CT molecular complexity index is 1200. The van der Waals surface area contributed by atoms with Gasteiger partial charge in [0.25, 0.3) is 10.0 Å². The molecule has 4 rings (SSSR count). The van der Waals surface area contributed by atoms with Gasteiger partial charge in [0.1, 0.15) is 11.5 Å². The molecule has 0 N–H and O–H groups in total. The number of Topliss-reactive ketones (excluding diaryl/α,β-unsaturated/α-hetero) is 1. The summed E-state index contributed by atoms with van der Waals surface area (Å²) in [5.74, 6) is -0.445. The minimum Gasteiger partial charge on any atom is -0.464 e. The molecule has 1 aromatic heterocycles. The van der Waals surface area contributed by atoms with Gasteiger partial charge in [-0.2, -0.15) is 0 Å². The van der Waals surface area contributed by atoms with E-state index in [0.29, 0.717) is 23.7 Å². The Hall–Kier alpha value is -2.93. The van der Waals surface area contributed by atoms with Crippen molar-refractivity contribution in [1.82, 2.24) is 3.97 Å². The smallest absolute Gasteiger partial charge is 0.355 e. The lowest BCUT2D eigenvalue weighted by atomic mass is 9.79. The second kappa shape index (κ2) is 6.60. The summed E-state index contributed by atoms with van der Waals surface area (Å²) in [6.07, 6.45) is 0.918. The van der Waals surface area contributed by atoms with Gasteiger partial charge in [-0.1, -0.05) is 29.8 Å². The molecule has 0 unspecified atom stereocenters. The van der Waals surface area contributed by atoms with Crippen molar-refractivity contribution in [3.63, 3.8) is 0 Å². The van der Waals surface area contributed by atoms with Gasteiger partial charge in [-0.25, -0.2) is 17.2 Å². The van der Waals surface area contributed by atoms with Crippen molar-refractivity contribution in [2.24, 2.45) is 0 Å². The normalized spacial score (nSPS) is 14.9. The number of methoxy groups -OCH3 is 1. The number of ketones is 1. The number of aryl methyl sites for hydroxylation is 1. The van der Waals surface area contributed by atoms with Crippen LogP contribution in [-0.2, 0) is 19.6 Å². The minimum absolute atomic E-state index is 0.0556. The second-order valence-electron chi connectivity index (χ2n) is 7.07. The van der Waals surface area contributed by atoms with Crippen LogP contribution in [0.1, 0.15) is 40.4 Å². The monoisotopic (exact) mass is 397 g/mol. The minimum atomic E-state index is -4.02. The molecule has 0 atom stereocenters. The Morgan fingerprint density at radius 1 is 1.07 bits per heavy atom. The van der Waals surface area contributed by atoms with Crippen molar-refractivity contribution < 1.29 is 22.7 Å². The lowest BCUT2D eigenvalue weighted by Crippen LogP contribution is -2.21. The topological polar surface area (TPSA) is 82.4 Å². The summed E-state index contributed by atoms with van der Waals surface area (Å²) in [6.45, 7) is 1.87. The van der Waals surface area contributed by atoms with E-state index in [1.807, 2.05) is 13.0 Å². The predicted molar refractivity (Wildman–Crippen MR) is 104 cm³/mol. The molecule has 0 amide bonds. The molecule has 144 valence electrons. The summed E-state index contributed by atoms with van der Waals surface area (Å²) in [7, 11) is -2.80. The molecule has 1 aliphatic carbocycles. The Morgan fingerprint density at radius 3 is 2.36 bits per heavy atom. The summed E-state index contributed by atoms with van der Waals surface area (Å²) in [4.78, 5) is 23.8. The number of aromatic nitrogens is 1. The van der Waals surface area contributed by atoms with Crippen LogP contribution in [0.25, 0.3) is 10.9 Å². The quantitative estimate of drug-likeness (QED) is 0.630. The van der Waals surface area contributed by atoms with Crippen LogP contribution in [0, 0.1) is 6.92 Å². The van der Waals surface area contributed by atoms with Crippen LogP contribution < -0.4 is 0 Å². The van der Waals surface area contributed by atoms with Crippen molar-refractivity contribution in [2.75, 3.05) is 7.11 Å². The first kappa shape index (κ1) is 18.4. The Kier molecular flexibility index (Phi) is 4.34. The Balaban J connectivity index is 1.95. The molecule has 3 aromatic rings. The number of hydrogen-bond donors (Lipinski definition) is 0. The average Bonchev–Trinajstić information content (AvgIpc) is 3.04. The number of benzene rings is 2. The third-order valence-corrected chi connectivity index (χ3v) is 6.90. The molecular weight excluding hydrogens is 378 g/mol. The van der Waals surface area contributed by atoms with E-state index in [-0.39, 0.29) is 22.3 Å². The van der Waals surface area contributed by atoms with E-state index in [0.717, 1.165) is 15.1 Å². The zero-order valence-corrected chi connectivity index (χ0v) is 16.3. The molecule has 1 saturated carbocycles. The van der Waals surface area contributed by atoms with Gasteiger partial charge in [0.15, 0.2) is 0 Å². The lowest BCUT2D eigenvalue weighted by molar-refractivity contribution is -0.124. The van der Waals surface area contributed by atoms with Crippen molar-refractivity contribution in [3.05, 3.63) is 65.4 Å². The van der Waals surface area contributed by atoms with E-state index >= 15 is 0 Å². The van der Waals surface area contributed by atoms with Crippen LogP contribution in [0.4, 0.5) is 0 Å². The maximum absolute atomic E-state index is 13.4. The molecule has 0 aliphatic heterocycles. The number of ether oxygens (including phenoxy) is 1. The van der Waals surface area contributed by atoms with Crippen LogP contribution in [-0.4, -0.2) is 31.3 Å². The molecule has 0 saturated heterocycles. The lowest BCUT2D eigenvalue weighted by Gasteiger charge is -2.24. The first-order valence-electron chi connectivity index (χ1n) is 8.89. The fourth-order valence-electron chi connectivity index (χ4n) is 3.49. The third-order valence-electron chi connectivity index (χ3n) is 5.16. The molecule has 0 bridgehead atoms. The maximum Gasteiger partial charge on any atom is 0.355 e. The largest absolute Gasteiger partial charge is 0.464 e. The molecule has 1 fully saturated rings. The first-order chi connectivity index (χ1) is 13.3. The van der Waals surface area contributed by atoms with Gasteiger partial charge in [0.2, 0.25) is 0 Å². The van der Waals surface area contributed by atoms with Crippen LogP contribution in [0.5, 0.6) is 0 Å². The summed E-state index contributed by atoms with van der Waals surface area (Å²) in [6, 6.07) is 13.4.